The van der Waals surface area contributed by atoms with Crippen LogP contribution in [0, 0.1) is 0 Å². The lowest BCUT2D eigenvalue weighted by Gasteiger charge is -2.12. The highest BCUT2D eigenvalue weighted by Gasteiger charge is 2.09. The van der Waals surface area contributed by atoms with Crippen molar-refractivity contribution in [1.82, 2.24) is 0 Å². The standard InChI is InChI=1S/C11H16N2O2/c1-3-15-11(7-12)9-5-4-8(13)6-10(9)14-2/h4-7H,3,12-13H2,1-2H3/b11-7-. The summed E-state index contributed by atoms with van der Waals surface area (Å²) in [6.45, 7) is 2.45. The fourth-order valence-electron chi connectivity index (χ4n) is 1.28. The summed E-state index contributed by atoms with van der Waals surface area (Å²) in [4.78, 5) is 0. The van der Waals surface area contributed by atoms with Gasteiger partial charge in [0.15, 0.2) is 0 Å². The first kappa shape index (κ1) is 11.2. The maximum Gasteiger partial charge on any atom is 0.145 e. The van der Waals surface area contributed by atoms with Crippen LogP contribution in [0.15, 0.2) is 24.4 Å². The highest BCUT2D eigenvalue weighted by atomic mass is 16.5. The maximum atomic E-state index is 5.65. The van der Waals surface area contributed by atoms with Crippen LogP contribution in [0.1, 0.15) is 12.5 Å². The Morgan fingerprint density at radius 2 is 2.20 bits per heavy atom. The highest BCUT2D eigenvalue weighted by Crippen LogP contribution is 2.28. The average Bonchev–Trinajstić information content (AvgIpc) is 2.26. The lowest BCUT2D eigenvalue weighted by Crippen LogP contribution is -1.99. The minimum atomic E-state index is 0.552. The first-order valence-electron chi connectivity index (χ1n) is 4.71. The van der Waals surface area contributed by atoms with Crippen LogP contribution >= 0.6 is 0 Å². The van der Waals surface area contributed by atoms with E-state index in [1.807, 2.05) is 13.0 Å². The Morgan fingerprint density at radius 1 is 1.47 bits per heavy atom. The molecule has 0 atom stereocenters. The van der Waals surface area contributed by atoms with E-state index in [-0.39, 0.29) is 0 Å². The van der Waals surface area contributed by atoms with E-state index in [4.69, 9.17) is 20.9 Å². The molecule has 0 fully saturated rings. The summed E-state index contributed by atoms with van der Waals surface area (Å²) in [6, 6.07) is 5.33. The van der Waals surface area contributed by atoms with Crippen LogP contribution in [-0.4, -0.2) is 13.7 Å². The molecule has 0 amide bonds. The van der Waals surface area contributed by atoms with Crippen LogP contribution in [0.2, 0.25) is 0 Å². The third-order valence-corrected chi connectivity index (χ3v) is 1.94. The molecule has 1 rings (SSSR count). The van der Waals surface area contributed by atoms with Crippen LogP contribution in [0.5, 0.6) is 5.75 Å². The Labute approximate surface area is 89.5 Å². The van der Waals surface area contributed by atoms with E-state index in [9.17, 15) is 0 Å². The van der Waals surface area contributed by atoms with Crippen molar-refractivity contribution in [1.29, 1.82) is 0 Å². The Kier molecular flexibility index (Phi) is 3.85. The zero-order chi connectivity index (χ0) is 11.3. The number of nitrogens with two attached hydrogens (primary N) is 2. The summed E-state index contributed by atoms with van der Waals surface area (Å²) in [5.41, 5.74) is 12.6. The molecule has 0 spiro atoms. The molecule has 4 nitrogen and oxygen atoms in total. The Balaban J connectivity index is 3.11. The SMILES string of the molecule is CCO/C(=C\N)c1ccc(N)cc1OC. The lowest BCUT2D eigenvalue weighted by molar-refractivity contribution is 0.295. The average molecular weight is 208 g/mol. The third-order valence-electron chi connectivity index (χ3n) is 1.94. The van der Waals surface area contributed by atoms with Gasteiger partial charge in [-0.3, -0.25) is 0 Å². The smallest absolute Gasteiger partial charge is 0.145 e. The van der Waals surface area contributed by atoms with E-state index in [0.29, 0.717) is 23.8 Å². The Bertz CT molecular complexity index is 362. The fraction of sp³-hybridized carbons (Fsp3) is 0.273. The molecule has 0 aliphatic rings. The van der Waals surface area contributed by atoms with E-state index in [0.717, 1.165) is 5.56 Å². The van der Waals surface area contributed by atoms with E-state index in [2.05, 4.69) is 0 Å². The van der Waals surface area contributed by atoms with E-state index < -0.39 is 0 Å². The quantitative estimate of drug-likeness (QED) is 0.582. The molecule has 4 heteroatoms. The zero-order valence-electron chi connectivity index (χ0n) is 8.99. The molecule has 0 unspecified atom stereocenters. The van der Waals surface area contributed by atoms with Gasteiger partial charge in [0, 0.05) is 18.0 Å². The monoisotopic (exact) mass is 208 g/mol. The van der Waals surface area contributed by atoms with Crippen LogP contribution < -0.4 is 16.2 Å². The molecular weight excluding hydrogens is 192 g/mol. The van der Waals surface area contributed by atoms with Gasteiger partial charge in [0.1, 0.15) is 11.5 Å². The molecule has 0 saturated carbocycles. The van der Waals surface area contributed by atoms with Crippen molar-refractivity contribution >= 4 is 11.4 Å². The Morgan fingerprint density at radius 3 is 2.73 bits per heavy atom. The van der Waals surface area contributed by atoms with E-state index in [1.54, 1.807) is 19.2 Å². The number of hydrogen-bond donors (Lipinski definition) is 2. The first-order chi connectivity index (χ1) is 7.22. The molecule has 0 bridgehead atoms. The number of benzene rings is 1. The maximum absolute atomic E-state index is 5.65. The number of rotatable bonds is 4. The molecule has 1 aromatic rings. The predicted octanol–water partition coefficient (Wildman–Crippen LogP) is 1.57. The second-order valence-electron chi connectivity index (χ2n) is 2.92. The van der Waals surface area contributed by atoms with Gasteiger partial charge in [-0.15, -0.1) is 0 Å². The van der Waals surface area contributed by atoms with Crippen LogP contribution in [0.4, 0.5) is 5.69 Å². The van der Waals surface area contributed by atoms with Gasteiger partial charge in [0.2, 0.25) is 0 Å². The summed E-state index contributed by atoms with van der Waals surface area (Å²) in [5, 5.41) is 0. The van der Waals surface area contributed by atoms with Crippen LogP contribution in [0.3, 0.4) is 0 Å². The molecule has 0 heterocycles. The van der Waals surface area contributed by atoms with Gasteiger partial charge in [0.25, 0.3) is 0 Å². The number of anilines is 1. The second kappa shape index (κ2) is 5.14. The van der Waals surface area contributed by atoms with Crippen molar-refractivity contribution in [2.45, 2.75) is 6.92 Å². The van der Waals surface area contributed by atoms with Gasteiger partial charge in [0.05, 0.1) is 19.3 Å². The number of hydrogen-bond acceptors (Lipinski definition) is 4. The normalized spacial score (nSPS) is 11.2. The molecule has 0 aliphatic carbocycles. The van der Waals surface area contributed by atoms with Crippen molar-refractivity contribution in [3.8, 4) is 5.75 Å². The lowest BCUT2D eigenvalue weighted by atomic mass is 10.1. The molecular formula is C11H16N2O2. The summed E-state index contributed by atoms with van der Waals surface area (Å²) in [6.07, 6.45) is 1.41. The molecule has 4 N–H and O–H groups in total. The van der Waals surface area contributed by atoms with Crippen molar-refractivity contribution in [2.24, 2.45) is 5.73 Å². The predicted molar refractivity (Wildman–Crippen MR) is 61.2 cm³/mol. The third kappa shape index (κ3) is 2.56. The summed E-state index contributed by atoms with van der Waals surface area (Å²) in [7, 11) is 1.58. The van der Waals surface area contributed by atoms with Crippen molar-refractivity contribution in [2.75, 3.05) is 19.5 Å². The number of nitrogen functional groups attached to an aromatic ring is 1. The summed E-state index contributed by atoms with van der Waals surface area (Å²) >= 11 is 0. The van der Waals surface area contributed by atoms with Gasteiger partial charge in [-0.2, -0.15) is 0 Å². The van der Waals surface area contributed by atoms with Crippen molar-refractivity contribution in [3.05, 3.63) is 30.0 Å². The van der Waals surface area contributed by atoms with Gasteiger partial charge >= 0.3 is 0 Å². The summed E-state index contributed by atoms with van der Waals surface area (Å²) in [5.74, 6) is 1.24. The number of ether oxygens (including phenoxy) is 2. The van der Waals surface area contributed by atoms with Crippen molar-refractivity contribution < 1.29 is 9.47 Å². The largest absolute Gasteiger partial charge is 0.496 e. The molecule has 0 aliphatic heterocycles. The topological polar surface area (TPSA) is 70.5 Å². The molecule has 15 heavy (non-hydrogen) atoms. The number of methoxy groups -OCH3 is 1. The first-order valence-corrected chi connectivity index (χ1v) is 4.71. The molecule has 0 radical (unpaired) electrons. The van der Waals surface area contributed by atoms with E-state index in [1.165, 1.54) is 6.20 Å². The highest BCUT2D eigenvalue weighted by molar-refractivity contribution is 5.68. The van der Waals surface area contributed by atoms with Gasteiger partial charge in [-0.05, 0) is 19.1 Å². The van der Waals surface area contributed by atoms with E-state index >= 15 is 0 Å². The van der Waals surface area contributed by atoms with Crippen molar-refractivity contribution in [3.63, 3.8) is 0 Å². The minimum absolute atomic E-state index is 0.552. The van der Waals surface area contributed by atoms with Gasteiger partial charge < -0.3 is 20.9 Å². The van der Waals surface area contributed by atoms with Gasteiger partial charge in [-0.1, -0.05) is 0 Å². The molecule has 1 aromatic carbocycles. The minimum Gasteiger partial charge on any atom is -0.496 e. The molecule has 82 valence electrons. The van der Waals surface area contributed by atoms with Crippen LogP contribution in [-0.2, 0) is 4.74 Å². The Hall–Kier alpha value is -1.84. The van der Waals surface area contributed by atoms with Gasteiger partial charge in [-0.25, -0.2) is 0 Å². The second-order valence-corrected chi connectivity index (χ2v) is 2.92. The molecule has 0 aromatic heterocycles. The summed E-state index contributed by atoms with van der Waals surface area (Å²) < 4.78 is 10.6. The zero-order valence-corrected chi connectivity index (χ0v) is 8.99. The molecule has 0 saturated heterocycles. The van der Waals surface area contributed by atoms with Crippen LogP contribution in [0.25, 0.3) is 5.76 Å². The fourth-order valence-corrected chi connectivity index (χ4v) is 1.28.